The van der Waals surface area contributed by atoms with E-state index in [0.717, 1.165) is 27.4 Å². The quantitative estimate of drug-likeness (QED) is 0.612. The van der Waals surface area contributed by atoms with Crippen LogP contribution in [0.25, 0.3) is 21.8 Å². The lowest BCUT2D eigenvalue weighted by atomic mass is 10.2. The first kappa shape index (κ1) is 12.6. The highest BCUT2D eigenvalue weighted by Gasteiger charge is 2.12. The van der Waals surface area contributed by atoms with Crippen LogP contribution in [0.5, 0.6) is 0 Å². The van der Waals surface area contributed by atoms with Crippen LogP contribution in [0.1, 0.15) is 5.56 Å². The predicted octanol–water partition coefficient (Wildman–Crippen LogP) is 3.70. The van der Waals surface area contributed by atoms with Gasteiger partial charge in [-0.25, -0.2) is 4.79 Å². The smallest absolute Gasteiger partial charge is 0.433 e. The zero-order valence-electron chi connectivity index (χ0n) is 11.7. The number of ether oxygens (including phenoxy) is 1. The van der Waals surface area contributed by atoms with Crippen LogP contribution in [0, 0.1) is 0 Å². The molecule has 0 spiro atoms. The van der Waals surface area contributed by atoms with Crippen LogP contribution >= 0.6 is 0 Å². The molecule has 2 aromatic carbocycles. The molecule has 2 aromatic heterocycles. The van der Waals surface area contributed by atoms with E-state index in [9.17, 15) is 4.79 Å². The molecule has 22 heavy (non-hydrogen) atoms. The third-order valence-corrected chi connectivity index (χ3v) is 3.62. The number of hydrogen-bond donors (Lipinski definition) is 1. The van der Waals surface area contributed by atoms with Crippen molar-refractivity contribution < 1.29 is 9.53 Å². The largest absolute Gasteiger partial charge is 0.443 e. The van der Waals surface area contributed by atoms with Gasteiger partial charge in [0.05, 0.1) is 11.0 Å². The summed E-state index contributed by atoms with van der Waals surface area (Å²) in [5.41, 5.74) is 2.64. The van der Waals surface area contributed by atoms with Crippen LogP contribution in [0.4, 0.5) is 4.79 Å². The summed E-state index contributed by atoms with van der Waals surface area (Å²) in [7, 11) is 0. The second-order valence-corrected chi connectivity index (χ2v) is 5.06. The highest BCUT2D eigenvalue weighted by molar-refractivity contribution is 5.97. The molecule has 0 radical (unpaired) electrons. The van der Waals surface area contributed by atoms with Crippen LogP contribution in [0.15, 0.2) is 60.9 Å². The Morgan fingerprint density at radius 1 is 1.14 bits per heavy atom. The molecule has 0 atom stereocenters. The number of fused-ring (bicyclic) bond motifs is 2. The van der Waals surface area contributed by atoms with Crippen molar-refractivity contribution in [1.82, 2.24) is 14.8 Å². The summed E-state index contributed by atoms with van der Waals surface area (Å²) in [5, 5.41) is 4.85. The van der Waals surface area contributed by atoms with Crippen molar-refractivity contribution in [3.63, 3.8) is 0 Å². The Morgan fingerprint density at radius 3 is 2.86 bits per heavy atom. The van der Waals surface area contributed by atoms with E-state index in [1.807, 2.05) is 48.5 Å². The first-order chi connectivity index (χ1) is 10.8. The Balaban J connectivity index is 1.63. The maximum Gasteiger partial charge on any atom is 0.433 e. The van der Waals surface area contributed by atoms with Gasteiger partial charge in [-0.05, 0) is 23.8 Å². The van der Waals surface area contributed by atoms with Crippen LogP contribution in [0.3, 0.4) is 0 Å². The summed E-state index contributed by atoms with van der Waals surface area (Å²) in [5.74, 6) is 0. The standard InChI is InChI=1S/C17H13N3O2/c21-17(22-11-12-4-2-1-3-5-12)20-16-9-13-6-7-18-15(13)8-14(16)10-19-20/h1-10,19H,11H2. The molecule has 0 saturated carbocycles. The molecule has 0 bridgehead atoms. The summed E-state index contributed by atoms with van der Waals surface area (Å²) in [4.78, 5) is 16.5. The Labute approximate surface area is 126 Å². The Hall–Kier alpha value is -3.08. The summed E-state index contributed by atoms with van der Waals surface area (Å²) in [6.45, 7) is 0.243. The number of carbonyl (C=O) groups excluding carboxylic acids is 1. The maximum atomic E-state index is 12.3. The number of nitrogens with one attached hydrogen (secondary N) is 1. The van der Waals surface area contributed by atoms with Crippen LogP contribution in [-0.4, -0.2) is 20.9 Å². The zero-order valence-corrected chi connectivity index (χ0v) is 11.7. The van der Waals surface area contributed by atoms with Gasteiger partial charge in [0.15, 0.2) is 0 Å². The zero-order chi connectivity index (χ0) is 14.9. The fraction of sp³-hybridized carbons (Fsp3) is 0.0588. The van der Waals surface area contributed by atoms with Gasteiger partial charge in [0.2, 0.25) is 0 Å². The van der Waals surface area contributed by atoms with E-state index >= 15 is 0 Å². The maximum absolute atomic E-state index is 12.3. The first-order valence-electron chi connectivity index (χ1n) is 6.97. The minimum Gasteiger partial charge on any atom is -0.443 e. The number of aromatic nitrogens is 3. The number of hydrogen-bond acceptors (Lipinski definition) is 3. The fourth-order valence-electron chi connectivity index (χ4n) is 2.50. The van der Waals surface area contributed by atoms with E-state index < -0.39 is 6.09 Å². The second-order valence-electron chi connectivity index (χ2n) is 5.06. The molecule has 2 heterocycles. The highest BCUT2D eigenvalue weighted by Crippen LogP contribution is 2.22. The molecule has 4 rings (SSSR count). The molecule has 4 aromatic rings. The van der Waals surface area contributed by atoms with E-state index in [2.05, 4.69) is 10.1 Å². The fourth-order valence-corrected chi connectivity index (χ4v) is 2.50. The lowest BCUT2D eigenvalue weighted by molar-refractivity contribution is 0.139. The van der Waals surface area contributed by atoms with Crippen LogP contribution in [0.2, 0.25) is 0 Å². The summed E-state index contributed by atoms with van der Waals surface area (Å²) in [6.07, 6.45) is 3.09. The average molecular weight is 291 g/mol. The monoisotopic (exact) mass is 291 g/mol. The van der Waals surface area contributed by atoms with Gasteiger partial charge in [-0.3, -0.25) is 10.1 Å². The topological polar surface area (TPSA) is 59.9 Å². The lowest BCUT2D eigenvalue weighted by Gasteiger charge is -2.06. The summed E-state index contributed by atoms with van der Waals surface area (Å²) >= 11 is 0. The van der Waals surface area contributed by atoms with Crippen molar-refractivity contribution >= 4 is 27.9 Å². The molecule has 0 amide bonds. The van der Waals surface area contributed by atoms with E-state index in [4.69, 9.17) is 4.74 Å². The Bertz CT molecular complexity index is 954. The molecule has 0 fully saturated rings. The molecule has 0 aliphatic heterocycles. The molecule has 5 heteroatoms. The predicted molar refractivity (Wildman–Crippen MR) is 83.6 cm³/mol. The molecule has 0 unspecified atom stereocenters. The number of nitrogens with zero attached hydrogens (tertiary/aromatic N) is 2. The van der Waals surface area contributed by atoms with Gasteiger partial charge in [-0.15, -0.1) is 0 Å². The normalized spacial score (nSPS) is 11.1. The number of H-pyrrole nitrogens is 1. The summed E-state index contributed by atoms with van der Waals surface area (Å²) in [6, 6.07) is 15.4. The van der Waals surface area contributed by atoms with Gasteiger partial charge < -0.3 is 4.74 Å². The SMILES string of the molecule is O=C(OCc1ccccc1)n1[nH]cc2cc3nccc3cc21. The molecule has 0 aliphatic carbocycles. The van der Waals surface area contributed by atoms with E-state index in [0.29, 0.717) is 0 Å². The minimum atomic E-state index is -0.433. The van der Waals surface area contributed by atoms with Gasteiger partial charge in [-0.1, -0.05) is 30.3 Å². The Morgan fingerprint density at radius 2 is 2.00 bits per heavy atom. The molecule has 1 N–H and O–H groups in total. The molecule has 0 aliphatic rings. The number of aromatic amines is 1. The number of benzene rings is 2. The van der Waals surface area contributed by atoms with Crippen LogP contribution in [-0.2, 0) is 11.3 Å². The molecule has 0 saturated heterocycles. The summed E-state index contributed by atoms with van der Waals surface area (Å²) < 4.78 is 6.76. The minimum absolute atomic E-state index is 0.243. The van der Waals surface area contributed by atoms with Crippen molar-refractivity contribution in [1.29, 1.82) is 0 Å². The third kappa shape index (κ3) is 2.13. The number of rotatable bonds is 2. The van der Waals surface area contributed by atoms with Crippen molar-refractivity contribution in [2.24, 2.45) is 0 Å². The van der Waals surface area contributed by atoms with Gasteiger partial charge in [-0.2, -0.15) is 4.68 Å². The lowest BCUT2D eigenvalue weighted by Crippen LogP contribution is -2.14. The van der Waals surface area contributed by atoms with Crippen LogP contribution < -0.4 is 0 Å². The van der Waals surface area contributed by atoms with E-state index in [1.165, 1.54) is 4.68 Å². The van der Waals surface area contributed by atoms with Crippen molar-refractivity contribution in [2.45, 2.75) is 6.61 Å². The van der Waals surface area contributed by atoms with Crippen molar-refractivity contribution in [3.05, 3.63) is 66.5 Å². The average Bonchev–Trinajstić information content (AvgIpc) is 3.17. The molecular weight excluding hydrogens is 278 g/mol. The first-order valence-corrected chi connectivity index (χ1v) is 6.97. The van der Waals surface area contributed by atoms with E-state index in [-0.39, 0.29) is 6.61 Å². The molecular formula is C17H13N3O2. The third-order valence-electron chi connectivity index (χ3n) is 3.62. The number of carbonyl (C=O) groups is 1. The van der Waals surface area contributed by atoms with Gasteiger partial charge in [0.25, 0.3) is 0 Å². The Kier molecular flexibility index (Phi) is 2.89. The van der Waals surface area contributed by atoms with Crippen molar-refractivity contribution in [2.75, 3.05) is 0 Å². The highest BCUT2D eigenvalue weighted by atomic mass is 16.6. The van der Waals surface area contributed by atoms with Gasteiger partial charge in [0.1, 0.15) is 6.61 Å². The van der Waals surface area contributed by atoms with Gasteiger partial charge >= 0.3 is 6.09 Å². The van der Waals surface area contributed by atoms with E-state index in [1.54, 1.807) is 12.4 Å². The molecule has 108 valence electrons. The van der Waals surface area contributed by atoms with Gasteiger partial charge in [0, 0.05) is 23.2 Å². The van der Waals surface area contributed by atoms with Crippen molar-refractivity contribution in [3.8, 4) is 0 Å². The molecule has 5 nitrogen and oxygen atoms in total. The second kappa shape index (κ2) is 5.04.